The Labute approximate surface area is 165 Å². The van der Waals surface area contributed by atoms with Crippen molar-refractivity contribution in [3.63, 3.8) is 0 Å². The van der Waals surface area contributed by atoms with Crippen molar-refractivity contribution in [3.05, 3.63) is 82.1 Å². The van der Waals surface area contributed by atoms with Gasteiger partial charge in [0.25, 0.3) is 5.69 Å². The van der Waals surface area contributed by atoms with E-state index in [1.165, 1.54) is 18.2 Å². The van der Waals surface area contributed by atoms with Crippen LogP contribution in [0.2, 0.25) is 0 Å². The lowest BCUT2D eigenvalue weighted by Gasteiger charge is -2.11. The zero-order valence-corrected chi connectivity index (χ0v) is 15.6. The lowest BCUT2D eigenvalue weighted by molar-refractivity contribution is -0.384. The Morgan fingerprint density at radius 1 is 1.00 bits per heavy atom. The fourth-order valence-corrected chi connectivity index (χ4v) is 2.51. The van der Waals surface area contributed by atoms with Gasteiger partial charge in [-0.15, -0.1) is 0 Å². The first-order chi connectivity index (χ1) is 13.4. The molecule has 0 bridgehead atoms. The molecule has 0 radical (unpaired) electrons. The van der Waals surface area contributed by atoms with E-state index in [4.69, 9.17) is 16.6 Å². The van der Waals surface area contributed by atoms with E-state index in [0.717, 1.165) is 11.3 Å². The third-order valence-corrected chi connectivity index (χ3v) is 4.00. The summed E-state index contributed by atoms with van der Waals surface area (Å²) in [6.45, 7) is 1.98. The second-order valence-electron chi connectivity index (χ2n) is 5.87. The molecule has 8 nitrogen and oxygen atoms in total. The van der Waals surface area contributed by atoms with Gasteiger partial charge in [0.05, 0.1) is 4.92 Å². The lowest BCUT2D eigenvalue weighted by Crippen LogP contribution is -2.43. The van der Waals surface area contributed by atoms with E-state index in [1.54, 1.807) is 18.2 Å². The summed E-state index contributed by atoms with van der Waals surface area (Å²) in [5.41, 5.74) is 7.55. The number of nitrogens with one attached hydrogen (secondary N) is 3. The molecule has 0 aliphatic carbocycles. The van der Waals surface area contributed by atoms with Gasteiger partial charge in [-0.25, -0.2) is 0 Å². The molecular weight excluding hydrogens is 380 g/mol. The van der Waals surface area contributed by atoms with Crippen molar-refractivity contribution in [1.29, 1.82) is 0 Å². The number of benzene rings is 2. The summed E-state index contributed by atoms with van der Waals surface area (Å²) >= 11 is 5.13. The second-order valence-corrected chi connectivity index (χ2v) is 6.28. The smallest absolute Gasteiger partial charge is 0.305 e. The van der Waals surface area contributed by atoms with Crippen LogP contribution in [0, 0.1) is 17.0 Å². The quantitative estimate of drug-likeness (QED) is 0.350. The van der Waals surface area contributed by atoms with Crippen LogP contribution in [0.15, 0.2) is 65.1 Å². The topological polar surface area (TPSA) is 109 Å². The number of anilines is 1. The number of furan rings is 1. The molecule has 1 aromatic heterocycles. The summed E-state index contributed by atoms with van der Waals surface area (Å²) in [5, 5.41) is 13.9. The molecular formula is C19H16N4O4S. The number of amides is 1. The van der Waals surface area contributed by atoms with Gasteiger partial charge in [0.2, 0.25) is 0 Å². The number of rotatable bonds is 4. The molecule has 1 heterocycles. The van der Waals surface area contributed by atoms with Gasteiger partial charge in [-0.1, -0.05) is 17.7 Å². The van der Waals surface area contributed by atoms with E-state index in [0.29, 0.717) is 11.3 Å². The molecule has 2 aromatic carbocycles. The monoisotopic (exact) mass is 396 g/mol. The fraction of sp³-hybridized carbons (Fsp3) is 0.0526. The molecule has 1 amide bonds. The van der Waals surface area contributed by atoms with Crippen molar-refractivity contribution in [2.75, 3.05) is 5.32 Å². The second kappa shape index (κ2) is 8.31. The predicted octanol–water partition coefficient (Wildman–Crippen LogP) is 3.79. The third-order valence-electron chi connectivity index (χ3n) is 3.79. The first-order valence-electron chi connectivity index (χ1n) is 8.21. The van der Waals surface area contributed by atoms with Gasteiger partial charge in [-0.3, -0.25) is 25.8 Å². The van der Waals surface area contributed by atoms with Crippen LogP contribution < -0.4 is 16.2 Å². The highest BCUT2D eigenvalue weighted by atomic mass is 32.1. The van der Waals surface area contributed by atoms with Crippen LogP contribution in [0.5, 0.6) is 0 Å². The summed E-state index contributed by atoms with van der Waals surface area (Å²) in [7, 11) is 0. The molecule has 3 N–H and O–H groups in total. The van der Waals surface area contributed by atoms with Gasteiger partial charge in [0.15, 0.2) is 10.9 Å². The van der Waals surface area contributed by atoms with Crippen LogP contribution >= 0.6 is 12.2 Å². The molecule has 28 heavy (non-hydrogen) atoms. The van der Waals surface area contributed by atoms with E-state index in [1.807, 2.05) is 31.2 Å². The minimum absolute atomic E-state index is 0.0212. The van der Waals surface area contributed by atoms with Crippen LogP contribution in [0.4, 0.5) is 11.4 Å². The van der Waals surface area contributed by atoms with E-state index in [9.17, 15) is 14.9 Å². The number of nitrogens with zero attached hydrogens (tertiary/aromatic N) is 1. The summed E-state index contributed by atoms with van der Waals surface area (Å²) in [5.74, 6) is -0.0272. The summed E-state index contributed by atoms with van der Waals surface area (Å²) in [6, 6.07) is 16.6. The Morgan fingerprint density at radius 3 is 2.32 bits per heavy atom. The maximum atomic E-state index is 12.2. The first kappa shape index (κ1) is 19.1. The maximum Gasteiger partial charge on any atom is 0.305 e. The SMILES string of the molecule is Cc1ccc(NC(=S)NNC(=O)c2ccc(-c3ccc([N+](=O)[O-])cc3)o2)cc1. The molecule has 142 valence electrons. The number of carbonyl (C=O) groups excluding carboxylic acids is 1. The summed E-state index contributed by atoms with van der Waals surface area (Å²) < 4.78 is 5.51. The van der Waals surface area contributed by atoms with Crippen LogP contribution in [0.3, 0.4) is 0 Å². The Hall–Kier alpha value is -3.72. The number of aryl methyl sites for hydroxylation is 1. The predicted molar refractivity (Wildman–Crippen MR) is 109 cm³/mol. The number of hydrogen-bond donors (Lipinski definition) is 3. The minimum Gasteiger partial charge on any atom is -0.451 e. The van der Waals surface area contributed by atoms with Crippen molar-refractivity contribution in [1.82, 2.24) is 10.9 Å². The molecule has 0 spiro atoms. The molecule has 0 fully saturated rings. The maximum absolute atomic E-state index is 12.2. The zero-order chi connectivity index (χ0) is 20.1. The zero-order valence-electron chi connectivity index (χ0n) is 14.8. The Bertz CT molecular complexity index is 1010. The van der Waals surface area contributed by atoms with E-state index < -0.39 is 10.8 Å². The van der Waals surface area contributed by atoms with Crippen molar-refractivity contribution in [2.24, 2.45) is 0 Å². The number of hydrazine groups is 1. The number of non-ortho nitro benzene ring substituents is 1. The molecule has 9 heteroatoms. The third kappa shape index (κ3) is 4.71. The number of hydrogen-bond acceptors (Lipinski definition) is 5. The van der Waals surface area contributed by atoms with Gasteiger partial charge < -0.3 is 9.73 Å². The van der Waals surface area contributed by atoms with Crippen molar-refractivity contribution in [2.45, 2.75) is 6.92 Å². The average Bonchev–Trinajstić information content (AvgIpc) is 3.18. The van der Waals surface area contributed by atoms with Crippen LogP contribution in [-0.4, -0.2) is 15.9 Å². The average molecular weight is 396 g/mol. The number of nitro groups is 1. The molecule has 0 saturated carbocycles. The molecule has 0 unspecified atom stereocenters. The van der Waals surface area contributed by atoms with Crippen molar-refractivity contribution < 1.29 is 14.1 Å². The Balaban J connectivity index is 1.57. The van der Waals surface area contributed by atoms with Crippen molar-refractivity contribution >= 4 is 34.6 Å². The Morgan fingerprint density at radius 2 is 1.68 bits per heavy atom. The highest BCUT2D eigenvalue weighted by Gasteiger charge is 2.13. The van der Waals surface area contributed by atoms with Crippen LogP contribution in [-0.2, 0) is 0 Å². The summed E-state index contributed by atoms with van der Waals surface area (Å²) in [4.78, 5) is 22.4. The van der Waals surface area contributed by atoms with Gasteiger partial charge in [-0.05, 0) is 55.5 Å². The van der Waals surface area contributed by atoms with E-state index in [-0.39, 0.29) is 16.6 Å². The standard InChI is InChI=1S/C19H16N4O4S/c1-12-2-6-14(7-3-12)20-19(28)22-21-18(24)17-11-10-16(27-17)13-4-8-15(9-5-13)23(25)26/h2-11H,1H3,(H,21,24)(H2,20,22,28). The van der Waals surface area contributed by atoms with E-state index in [2.05, 4.69) is 16.2 Å². The largest absolute Gasteiger partial charge is 0.451 e. The highest BCUT2D eigenvalue weighted by molar-refractivity contribution is 7.80. The molecule has 3 aromatic rings. The minimum atomic E-state index is -0.513. The van der Waals surface area contributed by atoms with Crippen LogP contribution in [0.25, 0.3) is 11.3 Å². The molecule has 3 rings (SSSR count). The van der Waals surface area contributed by atoms with E-state index >= 15 is 0 Å². The van der Waals surface area contributed by atoms with Gasteiger partial charge in [-0.2, -0.15) is 0 Å². The first-order valence-corrected chi connectivity index (χ1v) is 8.62. The van der Waals surface area contributed by atoms with Gasteiger partial charge in [0, 0.05) is 23.4 Å². The van der Waals surface area contributed by atoms with Crippen molar-refractivity contribution in [3.8, 4) is 11.3 Å². The lowest BCUT2D eigenvalue weighted by atomic mass is 10.1. The normalized spacial score (nSPS) is 10.2. The molecule has 0 aliphatic heterocycles. The van der Waals surface area contributed by atoms with Gasteiger partial charge >= 0.3 is 5.91 Å². The Kier molecular flexibility index (Phi) is 5.66. The molecule has 0 aliphatic rings. The fourth-order valence-electron chi connectivity index (χ4n) is 2.34. The molecule has 0 atom stereocenters. The number of thiocarbonyl (C=S) groups is 1. The molecule has 0 saturated heterocycles. The summed E-state index contributed by atoms with van der Waals surface area (Å²) in [6.07, 6.45) is 0. The van der Waals surface area contributed by atoms with Crippen LogP contribution in [0.1, 0.15) is 16.1 Å². The number of carbonyl (C=O) groups is 1. The number of nitro benzene ring substituents is 1. The van der Waals surface area contributed by atoms with Gasteiger partial charge in [0.1, 0.15) is 5.76 Å². The highest BCUT2D eigenvalue weighted by Crippen LogP contribution is 2.24.